The third kappa shape index (κ3) is 2.58. The fraction of sp³-hybridized carbons (Fsp3) is 0.294. The van der Waals surface area contributed by atoms with E-state index in [0.717, 1.165) is 30.0 Å². The first-order valence-corrected chi connectivity index (χ1v) is 8.98. The zero-order valence-corrected chi connectivity index (χ0v) is 14.5. The van der Waals surface area contributed by atoms with Gasteiger partial charge in [-0.1, -0.05) is 6.07 Å². The number of fused-ring (bicyclic) bond motifs is 1. The molecule has 7 nitrogen and oxygen atoms in total. The predicted octanol–water partition coefficient (Wildman–Crippen LogP) is 2.13. The average Bonchev–Trinajstić information content (AvgIpc) is 3.39. The topological polar surface area (TPSA) is 79.6 Å². The molecule has 0 unspecified atom stereocenters. The van der Waals surface area contributed by atoms with Crippen molar-refractivity contribution < 1.29 is 9.59 Å². The maximum Gasteiger partial charge on any atom is 0.264 e. The number of likely N-dealkylation sites (tertiary alicyclic amines) is 1. The Labute approximate surface area is 148 Å². The fourth-order valence-electron chi connectivity index (χ4n) is 3.32. The van der Waals surface area contributed by atoms with E-state index in [0.29, 0.717) is 11.2 Å². The van der Waals surface area contributed by atoms with Crippen molar-refractivity contribution in [1.82, 2.24) is 24.8 Å². The van der Waals surface area contributed by atoms with Crippen molar-refractivity contribution in [3.63, 3.8) is 0 Å². The number of carbonyl (C=O) groups excluding carboxylic acids is 2. The van der Waals surface area contributed by atoms with Crippen LogP contribution in [0.1, 0.15) is 44.6 Å². The number of thiophene rings is 1. The summed E-state index contributed by atoms with van der Waals surface area (Å²) in [6.45, 7) is 0.717. The minimum Gasteiger partial charge on any atom is -0.355 e. The molecule has 4 heterocycles. The largest absolute Gasteiger partial charge is 0.355 e. The summed E-state index contributed by atoms with van der Waals surface area (Å²) in [7, 11) is 1.58. The molecule has 0 aromatic carbocycles. The minimum absolute atomic E-state index is 0.0427. The lowest BCUT2D eigenvalue weighted by Gasteiger charge is -2.24. The van der Waals surface area contributed by atoms with E-state index in [9.17, 15) is 9.59 Å². The van der Waals surface area contributed by atoms with Gasteiger partial charge in [-0.05, 0) is 30.4 Å². The molecule has 0 spiro atoms. The van der Waals surface area contributed by atoms with Crippen LogP contribution in [0.25, 0.3) is 5.65 Å². The van der Waals surface area contributed by atoms with E-state index in [1.165, 1.54) is 17.5 Å². The van der Waals surface area contributed by atoms with Crippen LogP contribution in [0.2, 0.25) is 0 Å². The number of amides is 2. The Balaban J connectivity index is 1.75. The third-order valence-electron chi connectivity index (χ3n) is 4.49. The lowest BCUT2D eigenvalue weighted by Crippen LogP contribution is -2.31. The van der Waals surface area contributed by atoms with Crippen LogP contribution < -0.4 is 5.32 Å². The van der Waals surface area contributed by atoms with Crippen molar-refractivity contribution >= 4 is 28.8 Å². The van der Waals surface area contributed by atoms with Crippen molar-refractivity contribution in [1.29, 1.82) is 0 Å². The standard InChI is InChI=1S/C17H17N5O2S/c1-18-16(23)11-10-20-22-13(6-7-19-15(11)22)12-4-2-8-21(12)17(24)14-5-3-9-25-14/h3,5-7,9-10,12H,2,4,8H2,1H3,(H,18,23)/t12-/m1/s1. The molecule has 0 saturated carbocycles. The first-order chi connectivity index (χ1) is 12.2. The second kappa shape index (κ2) is 6.29. The molecule has 3 aromatic rings. The van der Waals surface area contributed by atoms with Crippen LogP contribution in [0, 0.1) is 0 Å². The number of rotatable bonds is 3. The SMILES string of the molecule is CNC(=O)c1cnn2c([C@H]3CCCN3C(=O)c3cccs3)ccnc12. The summed E-state index contributed by atoms with van der Waals surface area (Å²) in [6, 6.07) is 5.54. The number of hydrogen-bond acceptors (Lipinski definition) is 5. The molecule has 8 heteroatoms. The molecule has 1 saturated heterocycles. The molecule has 2 amide bonds. The van der Waals surface area contributed by atoms with Gasteiger partial charge >= 0.3 is 0 Å². The molecule has 1 aliphatic heterocycles. The highest BCUT2D eigenvalue weighted by Crippen LogP contribution is 2.33. The summed E-state index contributed by atoms with van der Waals surface area (Å²) in [5.41, 5.74) is 1.81. The van der Waals surface area contributed by atoms with E-state index in [2.05, 4.69) is 15.4 Å². The minimum atomic E-state index is -0.224. The second-order valence-corrected chi connectivity index (χ2v) is 6.82. The van der Waals surface area contributed by atoms with Gasteiger partial charge in [-0.15, -0.1) is 11.3 Å². The summed E-state index contributed by atoms with van der Waals surface area (Å²) >= 11 is 1.45. The molecule has 0 aliphatic carbocycles. The van der Waals surface area contributed by atoms with Gasteiger partial charge in [0.05, 0.1) is 22.8 Å². The normalized spacial score (nSPS) is 17.2. The van der Waals surface area contributed by atoms with Gasteiger partial charge in [-0.2, -0.15) is 5.10 Å². The number of nitrogens with one attached hydrogen (secondary N) is 1. The zero-order chi connectivity index (χ0) is 17.4. The van der Waals surface area contributed by atoms with Crippen LogP contribution in [-0.4, -0.2) is 44.9 Å². The Morgan fingerprint density at radius 2 is 2.24 bits per heavy atom. The molecular weight excluding hydrogens is 338 g/mol. The van der Waals surface area contributed by atoms with E-state index in [1.54, 1.807) is 17.8 Å². The highest BCUT2D eigenvalue weighted by Gasteiger charge is 2.33. The van der Waals surface area contributed by atoms with Crippen LogP contribution in [0.5, 0.6) is 0 Å². The van der Waals surface area contributed by atoms with Gasteiger partial charge in [0.25, 0.3) is 11.8 Å². The molecular formula is C17H17N5O2S. The molecule has 1 atom stereocenters. The summed E-state index contributed by atoms with van der Waals surface area (Å²) in [6.07, 6.45) is 5.00. The molecule has 4 rings (SSSR count). The Bertz CT molecular complexity index is 934. The van der Waals surface area contributed by atoms with Crippen molar-refractivity contribution in [2.45, 2.75) is 18.9 Å². The molecule has 128 valence electrons. The summed E-state index contributed by atoms with van der Waals surface area (Å²) in [4.78, 5) is 31.7. The van der Waals surface area contributed by atoms with Crippen LogP contribution in [0.15, 0.2) is 36.0 Å². The number of aromatic nitrogens is 3. The molecule has 1 fully saturated rings. The summed E-state index contributed by atoms with van der Waals surface area (Å²) in [5, 5.41) is 8.85. The maximum atomic E-state index is 12.8. The summed E-state index contributed by atoms with van der Waals surface area (Å²) < 4.78 is 1.68. The lowest BCUT2D eigenvalue weighted by molar-refractivity contribution is 0.0736. The van der Waals surface area contributed by atoms with Gasteiger partial charge < -0.3 is 10.2 Å². The van der Waals surface area contributed by atoms with Crippen molar-refractivity contribution in [2.75, 3.05) is 13.6 Å². The van der Waals surface area contributed by atoms with E-state index in [1.807, 2.05) is 28.5 Å². The molecule has 0 radical (unpaired) electrons. The van der Waals surface area contributed by atoms with E-state index >= 15 is 0 Å². The molecule has 25 heavy (non-hydrogen) atoms. The highest BCUT2D eigenvalue weighted by atomic mass is 32.1. The van der Waals surface area contributed by atoms with Crippen molar-refractivity contribution in [3.8, 4) is 0 Å². The van der Waals surface area contributed by atoms with E-state index in [4.69, 9.17) is 0 Å². The Kier molecular flexibility index (Phi) is 3.96. The van der Waals surface area contributed by atoms with Gasteiger partial charge in [-0.25, -0.2) is 9.50 Å². The van der Waals surface area contributed by atoms with Crippen LogP contribution in [-0.2, 0) is 0 Å². The molecule has 3 aromatic heterocycles. The quantitative estimate of drug-likeness (QED) is 0.780. The second-order valence-electron chi connectivity index (χ2n) is 5.88. The highest BCUT2D eigenvalue weighted by molar-refractivity contribution is 7.12. The van der Waals surface area contributed by atoms with Crippen LogP contribution in [0.4, 0.5) is 0 Å². The van der Waals surface area contributed by atoms with Crippen molar-refractivity contribution in [2.24, 2.45) is 0 Å². The maximum absolute atomic E-state index is 12.8. The first kappa shape index (κ1) is 15.8. The van der Waals surface area contributed by atoms with Gasteiger partial charge in [0.1, 0.15) is 5.56 Å². The molecule has 1 aliphatic rings. The number of hydrogen-bond donors (Lipinski definition) is 1. The molecule has 0 bridgehead atoms. The van der Waals surface area contributed by atoms with Gasteiger partial charge in [-0.3, -0.25) is 9.59 Å². The van der Waals surface area contributed by atoms with E-state index < -0.39 is 0 Å². The van der Waals surface area contributed by atoms with Crippen LogP contribution in [0.3, 0.4) is 0 Å². The van der Waals surface area contributed by atoms with Crippen LogP contribution >= 0.6 is 11.3 Å². The Morgan fingerprint density at radius 3 is 3.00 bits per heavy atom. The Morgan fingerprint density at radius 1 is 1.36 bits per heavy atom. The first-order valence-electron chi connectivity index (χ1n) is 8.10. The van der Waals surface area contributed by atoms with Gasteiger partial charge in [0.2, 0.25) is 0 Å². The van der Waals surface area contributed by atoms with Gasteiger partial charge in [0.15, 0.2) is 5.65 Å². The van der Waals surface area contributed by atoms with Gasteiger partial charge in [0, 0.05) is 19.8 Å². The number of carbonyl (C=O) groups is 2. The predicted molar refractivity (Wildman–Crippen MR) is 93.7 cm³/mol. The van der Waals surface area contributed by atoms with Crippen molar-refractivity contribution in [3.05, 3.63) is 52.1 Å². The zero-order valence-electron chi connectivity index (χ0n) is 13.7. The average molecular weight is 355 g/mol. The third-order valence-corrected chi connectivity index (χ3v) is 5.35. The lowest BCUT2D eigenvalue weighted by atomic mass is 10.1. The van der Waals surface area contributed by atoms with E-state index in [-0.39, 0.29) is 17.9 Å². The number of nitrogens with zero attached hydrogens (tertiary/aromatic N) is 4. The fourth-order valence-corrected chi connectivity index (χ4v) is 4.00. The Hall–Kier alpha value is -2.74. The monoisotopic (exact) mass is 355 g/mol. The molecule has 1 N–H and O–H groups in total. The summed E-state index contributed by atoms with van der Waals surface area (Å²) in [5.74, 6) is -0.182. The smallest absolute Gasteiger partial charge is 0.264 e.